The fraction of sp³-hybridized carbons (Fsp3) is 0.261. The van der Waals surface area contributed by atoms with Crippen LogP contribution in [0.4, 0.5) is 5.69 Å². The highest BCUT2D eigenvalue weighted by atomic mass is 35.5. The van der Waals surface area contributed by atoms with E-state index in [-0.39, 0.29) is 11.7 Å². The van der Waals surface area contributed by atoms with Gasteiger partial charge in [0, 0.05) is 39.8 Å². The van der Waals surface area contributed by atoms with E-state index in [0.717, 1.165) is 31.5 Å². The van der Waals surface area contributed by atoms with Gasteiger partial charge in [-0.05, 0) is 55.3 Å². The molecule has 0 radical (unpaired) electrons. The van der Waals surface area contributed by atoms with Crippen LogP contribution in [0.5, 0.6) is 0 Å². The van der Waals surface area contributed by atoms with Gasteiger partial charge in [-0.3, -0.25) is 9.59 Å². The standard InChI is InChI=1S/C23H19Cl2N5O2/c24-16-10-15(11-17(25)12-16)23(32)27-18-7-5-14(6-8-18)21(31)19(13-26)22-29-28-20-4-2-1-3-9-30(20)22/h5-8,10-12,19H,1-4,9H2,(H,27,32). The molecule has 0 spiro atoms. The van der Waals surface area contributed by atoms with Crippen LogP contribution >= 0.6 is 23.2 Å². The summed E-state index contributed by atoms with van der Waals surface area (Å²) in [5.74, 6) is -0.557. The van der Waals surface area contributed by atoms with Crippen molar-refractivity contribution in [2.45, 2.75) is 38.1 Å². The van der Waals surface area contributed by atoms with Crippen molar-refractivity contribution in [3.8, 4) is 6.07 Å². The number of aryl methyl sites for hydroxylation is 1. The van der Waals surface area contributed by atoms with E-state index in [2.05, 4.69) is 21.6 Å². The van der Waals surface area contributed by atoms with Crippen LogP contribution in [0.3, 0.4) is 0 Å². The molecule has 1 N–H and O–H groups in total. The van der Waals surface area contributed by atoms with Gasteiger partial charge in [0.1, 0.15) is 5.82 Å². The summed E-state index contributed by atoms with van der Waals surface area (Å²) in [5.41, 5.74) is 1.17. The fourth-order valence-corrected chi connectivity index (χ4v) is 4.25. The Morgan fingerprint density at radius 2 is 1.72 bits per heavy atom. The number of benzene rings is 2. The van der Waals surface area contributed by atoms with Crippen molar-refractivity contribution in [3.63, 3.8) is 0 Å². The lowest BCUT2D eigenvalue weighted by atomic mass is 9.97. The molecule has 0 saturated heterocycles. The minimum atomic E-state index is -1.04. The maximum absolute atomic E-state index is 13.1. The molecule has 7 nitrogen and oxygen atoms in total. The van der Waals surface area contributed by atoms with Crippen LogP contribution in [0, 0.1) is 11.3 Å². The summed E-state index contributed by atoms with van der Waals surface area (Å²) in [4.78, 5) is 25.5. The molecule has 0 fully saturated rings. The zero-order valence-corrected chi connectivity index (χ0v) is 18.5. The van der Waals surface area contributed by atoms with Gasteiger partial charge in [0.15, 0.2) is 17.5 Å². The van der Waals surface area contributed by atoms with Gasteiger partial charge < -0.3 is 9.88 Å². The Balaban J connectivity index is 1.51. The van der Waals surface area contributed by atoms with Crippen molar-refractivity contribution in [2.75, 3.05) is 5.32 Å². The molecule has 2 heterocycles. The Morgan fingerprint density at radius 3 is 2.41 bits per heavy atom. The largest absolute Gasteiger partial charge is 0.322 e. The smallest absolute Gasteiger partial charge is 0.255 e. The molecule has 1 aliphatic heterocycles. The molecule has 1 atom stereocenters. The van der Waals surface area contributed by atoms with Gasteiger partial charge in [-0.1, -0.05) is 29.6 Å². The molecule has 162 valence electrons. The highest BCUT2D eigenvalue weighted by molar-refractivity contribution is 6.35. The number of nitriles is 1. The Kier molecular flexibility index (Phi) is 6.54. The van der Waals surface area contributed by atoms with Crippen molar-refractivity contribution in [2.24, 2.45) is 0 Å². The Bertz CT molecular complexity index is 1190. The number of nitrogens with zero attached hydrogens (tertiary/aromatic N) is 4. The summed E-state index contributed by atoms with van der Waals surface area (Å²) in [7, 11) is 0. The first-order chi connectivity index (χ1) is 15.5. The van der Waals surface area contributed by atoms with E-state index in [0.29, 0.717) is 39.2 Å². The first-order valence-corrected chi connectivity index (χ1v) is 10.9. The average molecular weight is 468 g/mol. The number of hydrogen-bond donors (Lipinski definition) is 1. The Hall–Kier alpha value is -3.21. The van der Waals surface area contributed by atoms with E-state index in [1.807, 2.05) is 4.57 Å². The van der Waals surface area contributed by atoms with E-state index in [1.54, 1.807) is 30.3 Å². The van der Waals surface area contributed by atoms with Gasteiger partial charge in [0.05, 0.1) is 6.07 Å². The summed E-state index contributed by atoms with van der Waals surface area (Å²) >= 11 is 11.9. The van der Waals surface area contributed by atoms with Gasteiger partial charge in [0.2, 0.25) is 0 Å². The average Bonchev–Trinajstić information content (AvgIpc) is 3.01. The van der Waals surface area contributed by atoms with Crippen molar-refractivity contribution in [3.05, 3.63) is 75.3 Å². The summed E-state index contributed by atoms with van der Waals surface area (Å²) in [5, 5.41) is 21.5. The molecule has 2 aromatic carbocycles. The zero-order chi connectivity index (χ0) is 22.7. The molecule has 32 heavy (non-hydrogen) atoms. The number of ketones is 1. The Morgan fingerprint density at radius 1 is 1.00 bits per heavy atom. The van der Waals surface area contributed by atoms with Gasteiger partial charge in [-0.15, -0.1) is 10.2 Å². The van der Waals surface area contributed by atoms with Crippen molar-refractivity contribution >= 4 is 40.6 Å². The van der Waals surface area contributed by atoms with Crippen LogP contribution < -0.4 is 5.32 Å². The van der Waals surface area contributed by atoms with Crippen LogP contribution in [-0.4, -0.2) is 26.5 Å². The Labute approximate surface area is 195 Å². The maximum atomic E-state index is 13.1. The summed E-state index contributed by atoms with van der Waals surface area (Å²) < 4.78 is 1.91. The highest BCUT2D eigenvalue weighted by Gasteiger charge is 2.29. The summed E-state index contributed by atoms with van der Waals surface area (Å²) in [6.07, 6.45) is 3.88. The molecule has 4 rings (SSSR count). The number of aromatic nitrogens is 3. The topological polar surface area (TPSA) is 101 Å². The van der Waals surface area contributed by atoms with Crippen LogP contribution in [0.25, 0.3) is 0 Å². The monoisotopic (exact) mass is 467 g/mol. The molecule has 0 aliphatic carbocycles. The molecule has 1 aliphatic rings. The highest BCUT2D eigenvalue weighted by Crippen LogP contribution is 2.24. The summed E-state index contributed by atoms with van der Waals surface area (Å²) in [6, 6.07) is 13.0. The number of carbonyl (C=O) groups excluding carboxylic acids is 2. The molecule has 9 heteroatoms. The molecule has 1 amide bonds. The predicted octanol–water partition coefficient (Wildman–Crippen LogP) is 5.05. The number of fused-ring (bicyclic) bond motifs is 1. The lowest BCUT2D eigenvalue weighted by Gasteiger charge is -2.12. The van der Waals surface area contributed by atoms with E-state index in [4.69, 9.17) is 23.2 Å². The van der Waals surface area contributed by atoms with Crippen LogP contribution in [0.15, 0.2) is 42.5 Å². The fourth-order valence-electron chi connectivity index (χ4n) is 3.73. The number of amides is 1. The molecule has 1 aromatic heterocycles. The third kappa shape index (κ3) is 4.67. The second kappa shape index (κ2) is 9.51. The van der Waals surface area contributed by atoms with Gasteiger partial charge in [0.25, 0.3) is 5.91 Å². The third-order valence-corrected chi connectivity index (χ3v) is 5.78. The van der Waals surface area contributed by atoms with Crippen LogP contribution in [0.1, 0.15) is 57.5 Å². The van der Waals surface area contributed by atoms with Gasteiger partial charge in [-0.25, -0.2) is 0 Å². The quantitative estimate of drug-likeness (QED) is 0.528. The van der Waals surface area contributed by atoms with Crippen molar-refractivity contribution in [1.29, 1.82) is 5.26 Å². The maximum Gasteiger partial charge on any atom is 0.255 e. The summed E-state index contributed by atoms with van der Waals surface area (Å²) in [6.45, 7) is 0.710. The number of Topliss-reactive ketones (excluding diaryl/α,β-unsaturated/α-hetero) is 1. The first-order valence-electron chi connectivity index (χ1n) is 10.2. The predicted molar refractivity (Wildman–Crippen MR) is 121 cm³/mol. The zero-order valence-electron chi connectivity index (χ0n) is 17.0. The second-order valence-electron chi connectivity index (χ2n) is 7.55. The normalized spacial score (nSPS) is 14.0. The minimum absolute atomic E-state index is 0.319. The lowest BCUT2D eigenvalue weighted by molar-refractivity contribution is 0.0973. The number of halogens is 2. The molecule has 1 unspecified atom stereocenters. The molecule has 0 bridgehead atoms. The molecule has 0 saturated carbocycles. The van der Waals surface area contributed by atoms with E-state index >= 15 is 0 Å². The SMILES string of the molecule is N#CC(C(=O)c1ccc(NC(=O)c2cc(Cl)cc(Cl)c2)cc1)c1nnc2n1CCCCC2. The molecular formula is C23H19Cl2N5O2. The minimum Gasteiger partial charge on any atom is -0.322 e. The second-order valence-corrected chi connectivity index (χ2v) is 8.43. The number of carbonyl (C=O) groups is 2. The third-order valence-electron chi connectivity index (χ3n) is 5.34. The van der Waals surface area contributed by atoms with E-state index in [9.17, 15) is 14.9 Å². The van der Waals surface area contributed by atoms with Gasteiger partial charge in [-0.2, -0.15) is 5.26 Å². The number of anilines is 1. The first kappa shape index (κ1) is 22.0. The van der Waals surface area contributed by atoms with Crippen LogP contribution in [0.2, 0.25) is 10.0 Å². The van der Waals surface area contributed by atoms with Crippen molar-refractivity contribution in [1.82, 2.24) is 14.8 Å². The number of rotatable bonds is 5. The van der Waals surface area contributed by atoms with Crippen LogP contribution in [-0.2, 0) is 13.0 Å². The van der Waals surface area contributed by atoms with E-state index in [1.165, 1.54) is 12.1 Å². The van der Waals surface area contributed by atoms with Crippen molar-refractivity contribution < 1.29 is 9.59 Å². The number of nitrogens with one attached hydrogen (secondary N) is 1. The van der Waals surface area contributed by atoms with E-state index < -0.39 is 5.92 Å². The molecular weight excluding hydrogens is 449 g/mol. The molecule has 3 aromatic rings. The lowest BCUT2D eigenvalue weighted by Crippen LogP contribution is -2.18. The van der Waals surface area contributed by atoms with Gasteiger partial charge >= 0.3 is 0 Å². The number of hydrogen-bond acceptors (Lipinski definition) is 5.